The Morgan fingerprint density at radius 3 is 2.55 bits per heavy atom. The van der Waals surface area contributed by atoms with E-state index in [0.29, 0.717) is 42.6 Å². The highest BCUT2D eigenvalue weighted by Gasteiger charge is 2.12. The molecule has 7 nitrogen and oxygen atoms in total. The van der Waals surface area contributed by atoms with Crippen molar-refractivity contribution in [1.82, 2.24) is 15.5 Å². The summed E-state index contributed by atoms with van der Waals surface area (Å²) in [6, 6.07) is 15.0. The topological polar surface area (TPSA) is 85.5 Å². The molecule has 164 valence electrons. The molecule has 31 heavy (non-hydrogen) atoms. The third-order valence-corrected chi connectivity index (χ3v) is 4.72. The molecule has 0 aliphatic rings. The number of H-pyrrole nitrogens is 1. The maximum absolute atomic E-state index is 12.5. The lowest BCUT2D eigenvalue weighted by molar-refractivity contribution is 0.0946. The zero-order valence-corrected chi connectivity index (χ0v) is 18.2. The lowest BCUT2D eigenvalue weighted by Crippen LogP contribution is -2.23. The van der Waals surface area contributed by atoms with Crippen LogP contribution in [0.2, 0.25) is 0 Å². The van der Waals surface area contributed by atoms with Gasteiger partial charge in [0.25, 0.3) is 5.91 Å². The summed E-state index contributed by atoms with van der Waals surface area (Å²) < 4.78 is 16.6. The number of amides is 1. The van der Waals surface area contributed by atoms with E-state index in [-0.39, 0.29) is 5.91 Å². The Morgan fingerprint density at radius 1 is 1.03 bits per heavy atom. The number of methoxy groups -OCH3 is 1. The SMILES string of the molecule is CCCCOc1ccc(-c2cc(C(=O)NCc3ccc(OC)c(OCC)c3)[nH]n2)cc1. The zero-order chi connectivity index (χ0) is 22.1. The van der Waals surface area contributed by atoms with E-state index in [1.165, 1.54) is 0 Å². The van der Waals surface area contributed by atoms with Gasteiger partial charge < -0.3 is 19.5 Å². The summed E-state index contributed by atoms with van der Waals surface area (Å²) in [5.41, 5.74) is 2.93. The van der Waals surface area contributed by atoms with Crippen LogP contribution in [0.5, 0.6) is 17.2 Å². The van der Waals surface area contributed by atoms with Crippen LogP contribution in [0.4, 0.5) is 0 Å². The average Bonchev–Trinajstić information content (AvgIpc) is 3.29. The average molecular weight is 424 g/mol. The summed E-state index contributed by atoms with van der Waals surface area (Å²) in [6.45, 7) is 5.66. The fourth-order valence-corrected chi connectivity index (χ4v) is 3.02. The van der Waals surface area contributed by atoms with Gasteiger partial charge in [0.1, 0.15) is 11.4 Å². The number of ether oxygens (including phenoxy) is 3. The number of carbonyl (C=O) groups excluding carboxylic acids is 1. The number of rotatable bonds is 11. The van der Waals surface area contributed by atoms with E-state index < -0.39 is 0 Å². The summed E-state index contributed by atoms with van der Waals surface area (Å²) >= 11 is 0. The number of benzene rings is 2. The Hall–Kier alpha value is -3.48. The molecule has 7 heteroatoms. The number of aromatic nitrogens is 2. The molecule has 0 spiro atoms. The minimum Gasteiger partial charge on any atom is -0.494 e. The highest BCUT2D eigenvalue weighted by molar-refractivity contribution is 5.93. The molecule has 1 heterocycles. The number of nitrogens with one attached hydrogen (secondary N) is 2. The van der Waals surface area contributed by atoms with Gasteiger partial charge in [-0.25, -0.2) is 0 Å². The molecule has 0 aliphatic heterocycles. The number of hydrogen-bond donors (Lipinski definition) is 2. The van der Waals surface area contributed by atoms with Crippen LogP contribution in [0.1, 0.15) is 42.7 Å². The first-order valence-corrected chi connectivity index (χ1v) is 10.5. The molecule has 0 fully saturated rings. The highest BCUT2D eigenvalue weighted by atomic mass is 16.5. The molecule has 2 N–H and O–H groups in total. The van der Waals surface area contributed by atoms with Crippen molar-refractivity contribution in [3.05, 3.63) is 59.8 Å². The molecular weight excluding hydrogens is 394 g/mol. The van der Waals surface area contributed by atoms with Crippen molar-refractivity contribution >= 4 is 5.91 Å². The van der Waals surface area contributed by atoms with Gasteiger partial charge in [-0.3, -0.25) is 9.89 Å². The first-order chi connectivity index (χ1) is 15.1. The van der Waals surface area contributed by atoms with Crippen LogP contribution >= 0.6 is 0 Å². The lowest BCUT2D eigenvalue weighted by Gasteiger charge is -2.11. The van der Waals surface area contributed by atoms with Gasteiger partial charge in [-0.05, 0) is 61.4 Å². The Morgan fingerprint density at radius 2 is 1.84 bits per heavy atom. The summed E-state index contributed by atoms with van der Waals surface area (Å²) in [4.78, 5) is 12.5. The summed E-state index contributed by atoms with van der Waals surface area (Å²) in [7, 11) is 1.60. The first-order valence-electron chi connectivity index (χ1n) is 10.5. The van der Waals surface area contributed by atoms with E-state index in [9.17, 15) is 4.79 Å². The van der Waals surface area contributed by atoms with E-state index in [2.05, 4.69) is 22.4 Å². The smallest absolute Gasteiger partial charge is 0.269 e. The molecule has 0 saturated heterocycles. The Bertz CT molecular complexity index is 983. The first kappa shape index (κ1) is 22.2. The zero-order valence-electron chi connectivity index (χ0n) is 18.2. The predicted molar refractivity (Wildman–Crippen MR) is 120 cm³/mol. The van der Waals surface area contributed by atoms with Gasteiger partial charge in [0.05, 0.1) is 26.0 Å². The van der Waals surface area contributed by atoms with Gasteiger partial charge in [0.15, 0.2) is 11.5 Å². The summed E-state index contributed by atoms with van der Waals surface area (Å²) in [5, 5.41) is 9.97. The number of unbranched alkanes of at least 4 members (excludes halogenated alkanes) is 1. The van der Waals surface area contributed by atoms with Crippen LogP contribution in [-0.2, 0) is 6.54 Å². The van der Waals surface area contributed by atoms with Crippen LogP contribution in [-0.4, -0.2) is 36.4 Å². The van der Waals surface area contributed by atoms with Gasteiger partial charge in [0, 0.05) is 12.1 Å². The van der Waals surface area contributed by atoms with Crippen LogP contribution < -0.4 is 19.5 Å². The van der Waals surface area contributed by atoms with Crippen molar-refractivity contribution in [1.29, 1.82) is 0 Å². The second-order valence-corrected chi connectivity index (χ2v) is 6.99. The molecule has 1 aromatic heterocycles. The quantitative estimate of drug-likeness (QED) is 0.441. The molecule has 0 atom stereocenters. The molecule has 0 unspecified atom stereocenters. The van der Waals surface area contributed by atoms with Crippen molar-refractivity contribution in [2.75, 3.05) is 20.3 Å². The van der Waals surface area contributed by atoms with Gasteiger partial charge in [0.2, 0.25) is 0 Å². The van der Waals surface area contributed by atoms with Crippen LogP contribution in [0.3, 0.4) is 0 Å². The molecular formula is C24H29N3O4. The fourth-order valence-electron chi connectivity index (χ4n) is 3.02. The molecule has 0 saturated carbocycles. The van der Waals surface area contributed by atoms with E-state index in [4.69, 9.17) is 14.2 Å². The molecule has 3 aromatic rings. The number of nitrogens with zero attached hydrogens (tertiary/aromatic N) is 1. The third-order valence-electron chi connectivity index (χ3n) is 4.72. The van der Waals surface area contributed by atoms with Crippen molar-refractivity contribution in [3.8, 4) is 28.5 Å². The van der Waals surface area contributed by atoms with Gasteiger partial charge in [-0.1, -0.05) is 19.4 Å². The molecule has 1 amide bonds. The molecule has 0 aliphatic carbocycles. The standard InChI is InChI=1S/C24H29N3O4/c1-4-6-13-31-19-10-8-18(9-11-19)20-15-21(27-26-20)24(28)25-16-17-7-12-22(29-3)23(14-17)30-5-2/h7-12,14-15H,4-6,13,16H2,1-3H3,(H,25,28)(H,26,27). The number of aromatic amines is 1. The van der Waals surface area contributed by atoms with E-state index in [1.807, 2.05) is 49.4 Å². The third kappa shape index (κ3) is 6.01. The van der Waals surface area contributed by atoms with E-state index in [0.717, 1.165) is 29.7 Å². The Labute approximate surface area is 182 Å². The molecule has 2 aromatic carbocycles. The van der Waals surface area contributed by atoms with E-state index >= 15 is 0 Å². The molecule has 3 rings (SSSR count). The van der Waals surface area contributed by atoms with Gasteiger partial charge in [-0.15, -0.1) is 0 Å². The Kier molecular flexibility index (Phi) is 7.92. The maximum atomic E-state index is 12.5. The second-order valence-electron chi connectivity index (χ2n) is 6.99. The second kappa shape index (κ2) is 11.1. The molecule has 0 bridgehead atoms. The van der Waals surface area contributed by atoms with Crippen LogP contribution in [0.15, 0.2) is 48.5 Å². The largest absolute Gasteiger partial charge is 0.494 e. The van der Waals surface area contributed by atoms with Gasteiger partial charge >= 0.3 is 0 Å². The maximum Gasteiger partial charge on any atom is 0.269 e. The van der Waals surface area contributed by atoms with Crippen molar-refractivity contribution < 1.29 is 19.0 Å². The van der Waals surface area contributed by atoms with Crippen molar-refractivity contribution in [2.24, 2.45) is 0 Å². The monoisotopic (exact) mass is 423 g/mol. The van der Waals surface area contributed by atoms with Crippen LogP contribution in [0.25, 0.3) is 11.3 Å². The fraction of sp³-hybridized carbons (Fsp3) is 0.333. The normalized spacial score (nSPS) is 10.5. The summed E-state index contributed by atoms with van der Waals surface area (Å²) in [6.07, 6.45) is 2.13. The summed E-state index contributed by atoms with van der Waals surface area (Å²) in [5.74, 6) is 1.92. The van der Waals surface area contributed by atoms with Gasteiger partial charge in [-0.2, -0.15) is 5.10 Å². The number of hydrogen-bond acceptors (Lipinski definition) is 5. The minimum atomic E-state index is -0.230. The predicted octanol–water partition coefficient (Wildman–Crippen LogP) is 4.59. The van der Waals surface area contributed by atoms with E-state index in [1.54, 1.807) is 13.2 Å². The lowest BCUT2D eigenvalue weighted by atomic mass is 10.1. The van der Waals surface area contributed by atoms with Crippen molar-refractivity contribution in [3.63, 3.8) is 0 Å². The minimum absolute atomic E-state index is 0.230. The van der Waals surface area contributed by atoms with Crippen molar-refractivity contribution in [2.45, 2.75) is 33.2 Å². The Balaban J connectivity index is 1.59. The highest BCUT2D eigenvalue weighted by Crippen LogP contribution is 2.28. The molecule has 0 radical (unpaired) electrons. The number of carbonyl (C=O) groups is 1. The van der Waals surface area contributed by atoms with Crippen LogP contribution in [0, 0.1) is 0 Å².